The zero-order valence-electron chi connectivity index (χ0n) is 19.7. The van der Waals surface area contributed by atoms with Crippen LogP contribution in [0, 0.1) is 17.6 Å². The molecule has 0 spiro atoms. The third-order valence-electron chi connectivity index (χ3n) is 6.96. The molecule has 0 aliphatic carbocycles. The minimum atomic E-state index is -4.88. The normalized spacial score (nSPS) is 25.9. The SMILES string of the molecule is COc1c([C@H]2[C@H](C(=O)Nc3ccnc(C(=O)N4CCC4)c3)O[C@@](C)(C(F)(F)F)[C@H]2C)ccc(F)c1F. The van der Waals surface area contributed by atoms with Crippen molar-refractivity contribution < 1.29 is 41.0 Å². The van der Waals surface area contributed by atoms with E-state index in [0.717, 1.165) is 32.6 Å². The molecule has 4 rings (SSSR count). The molecule has 1 aromatic carbocycles. The van der Waals surface area contributed by atoms with Gasteiger partial charge in [-0.05, 0) is 31.5 Å². The van der Waals surface area contributed by atoms with Crippen LogP contribution in [-0.4, -0.2) is 59.8 Å². The Labute approximate surface area is 203 Å². The Morgan fingerprint density at radius 2 is 1.92 bits per heavy atom. The van der Waals surface area contributed by atoms with E-state index in [1.54, 1.807) is 4.90 Å². The standard InChI is InChI=1S/C24H24F5N3O4/c1-12-17(14-5-6-15(25)18(26)19(14)35-3)20(36-23(12,2)24(27,28)29)21(33)31-13-7-8-30-16(11-13)22(34)32-9-4-10-32/h5-8,11-12,17,20H,4,9-10H2,1-3H3,(H,30,31,33)/t12-,17-,20+,23+/m0/s1. The lowest BCUT2D eigenvalue weighted by atomic mass is 9.77. The van der Waals surface area contributed by atoms with Gasteiger partial charge in [0.25, 0.3) is 11.8 Å². The molecule has 12 heteroatoms. The minimum Gasteiger partial charge on any atom is -0.493 e. The molecule has 0 radical (unpaired) electrons. The molecule has 2 aliphatic rings. The summed E-state index contributed by atoms with van der Waals surface area (Å²) in [6.45, 7) is 3.19. The molecule has 4 atom stereocenters. The number of anilines is 1. The number of methoxy groups -OCH3 is 1. The van der Waals surface area contributed by atoms with Gasteiger partial charge in [-0.15, -0.1) is 0 Å². The van der Waals surface area contributed by atoms with Gasteiger partial charge in [-0.2, -0.15) is 17.6 Å². The second kappa shape index (κ2) is 9.30. The number of pyridine rings is 1. The highest BCUT2D eigenvalue weighted by Crippen LogP contribution is 2.55. The molecule has 7 nitrogen and oxygen atoms in total. The van der Waals surface area contributed by atoms with Gasteiger partial charge >= 0.3 is 6.18 Å². The number of ether oxygens (including phenoxy) is 2. The number of hydrogen-bond donors (Lipinski definition) is 1. The van der Waals surface area contributed by atoms with Crippen LogP contribution in [0.4, 0.5) is 27.6 Å². The van der Waals surface area contributed by atoms with Crippen LogP contribution >= 0.6 is 0 Å². The Morgan fingerprint density at radius 3 is 2.50 bits per heavy atom. The van der Waals surface area contributed by atoms with Crippen molar-refractivity contribution in [2.45, 2.75) is 44.1 Å². The van der Waals surface area contributed by atoms with E-state index in [0.29, 0.717) is 13.1 Å². The summed E-state index contributed by atoms with van der Waals surface area (Å²) in [5.74, 6) is -7.26. The van der Waals surface area contributed by atoms with Gasteiger partial charge in [0.05, 0.1) is 7.11 Å². The van der Waals surface area contributed by atoms with Crippen LogP contribution in [-0.2, 0) is 9.53 Å². The first-order valence-electron chi connectivity index (χ1n) is 11.2. The summed E-state index contributed by atoms with van der Waals surface area (Å²) in [5, 5.41) is 2.48. The molecular formula is C24H24F5N3O4. The lowest BCUT2D eigenvalue weighted by Crippen LogP contribution is -2.47. The van der Waals surface area contributed by atoms with E-state index in [-0.39, 0.29) is 22.9 Å². The fourth-order valence-corrected chi connectivity index (χ4v) is 4.56. The number of nitrogens with zero attached hydrogens (tertiary/aromatic N) is 2. The average molecular weight is 513 g/mol. The number of rotatable bonds is 5. The second-order valence-electron chi connectivity index (χ2n) is 9.01. The molecule has 0 unspecified atom stereocenters. The highest BCUT2D eigenvalue weighted by atomic mass is 19.4. The van der Waals surface area contributed by atoms with Crippen LogP contribution in [0.5, 0.6) is 5.75 Å². The number of carbonyl (C=O) groups excluding carboxylic acids is 2. The van der Waals surface area contributed by atoms with Gasteiger partial charge in [-0.1, -0.05) is 13.0 Å². The number of carbonyl (C=O) groups is 2. The largest absolute Gasteiger partial charge is 0.493 e. The fourth-order valence-electron chi connectivity index (χ4n) is 4.56. The van der Waals surface area contributed by atoms with Crippen LogP contribution in [0.15, 0.2) is 30.5 Å². The smallest absolute Gasteiger partial charge is 0.417 e. The van der Waals surface area contributed by atoms with Crippen molar-refractivity contribution in [3.8, 4) is 5.75 Å². The van der Waals surface area contributed by atoms with Crippen molar-refractivity contribution in [1.82, 2.24) is 9.88 Å². The number of aromatic nitrogens is 1. The number of halogens is 5. The Kier molecular flexibility index (Phi) is 6.67. The molecule has 2 saturated heterocycles. The van der Waals surface area contributed by atoms with Crippen molar-refractivity contribution in [1.29, 1.82) is 0 Å². The molecule has 0 saturated carbocycles. The summed E-state index contributed by atoms with van der Waals surface area (Å²) in [7, 11) is 1.05. The van der Waals surface area contributed by atoms with E-state index in [9.17, 15) is 31.5 Å². The fraction of sp³-hybridized carbons (Fsp3) is 0.458. The Hall–Kier alpha value is -3.28. The minimum absolute atomic E-state index is 0.0622. The van der Waals surface area contributed by atoms with E-state index in [1.165, 1.54) is 25.3 Å². The molecule has 2 amide bonds. The maximum absolute atomic E-state index is 14.5. The molecule has 3 heterocycles. The maximum Gasteiger partial charge on any atom is 0.417 e. The molecule has 194 valence electrons. The van der Waals surface area contributed by atoms with E-state index >= 15 is 0 Å². The third kappa shape index (κ3) is 4.27. The molecule has 1 aromatic heterocycles. The highest BCUT2D eigenvalue weighted by molar-refractivity contribution is 5.98. The van der Waals surface area contributed by atoms with Gasteiger partial charge in [0.2, 0.25) is 5.82 Å². The van der Waals surface area contributed by atoms with Gasteiger partial charge in [-0.25, -0.2) is 4.39 Å². The highest BCUT2D eigenvalue weighted by Gasteiger charge is 2.65. The molecule has 0 bridgehead atoms. The monoisotopic (exact) mass is 513 g/mol. The number of amides is 2. The number of benzene rings is 1. The van der Waals surface area contributed by atoms with E-state index in [1.807, 2.05) is 0 Å². The summed E-state index contributed by atoms with van der Waals surface area (Å²) < 4.78 is 80.8. The first-order chi connectivity index (χ1) is 16.9. The third-order valence-corrected chi connectivity index (χ3v) is 6.96. The number of alkyl halides is 3. The predicted octanol–water partition coefficient (Wildman–Crippen LogP) is 4.29. The zero-order valence-corrected chi connectivity index (χ0v) is 19.7. The summed E-state index contributed by atoms with van der Waals surface area (Å²) in [5.41, 5.74) is -2.73. The Balaban J connectivity index is 1.69. The first-order valence-corrected chi connectivity index (χ1v) is 11.2. The van der Waals surface area contributed by atoms with Crippen LogP contribution in [0.3, 0.4) is 0 Å². The molecule has 2 aromatic rings. The van der Waals surface area contributed by atoms with E-state index in [4.69, 9.17) is 9.47 Å². The molecular weight excluding hydrogens is 489 g/mol. The van der Waals surface area contributed by atoms with Crippen LogP contribution in [0.2, 0.25) is 0 Å². The molecule has 2 aliphatic heterocycles. The van der Waals surface area contributed by atoms with Crippen molar-refractivity contribution in [3.63, 3.8) is 0 Å². The summed E-state index contributed by atoms with van der Waals surface area (Å²) in [6.07, 6.45) is -4.46. The Morgan fingerprint density at radius 1 is 1.22 bits per heavy atom. The van der Waals surface area contributed by atoms with Crippen molar-refractivity contribution in [3.05, 3.63) is 53.4 Å². The maximum atomic E-state index is 14.5. The van der Waals surface area contributed by atoms with Gasteiger partial charge in [0, 0.05) is 42.4 Å². The quantitative estimate of drug-likeness (QED) is 0.604. The van der Waals surface area contributed by atoms with Crippen molar-refractivity contribution in [2.75, 3.05) is 25.5 Å². The van der Waals surface area contributed by atoms with Crippen LogP contribution in [0.25, 0.3) is 0 Å². The topological polar surface area (TPSA) is 80.8 Å². The lowest BCUT2D eigenvalue weighted by Gasteiger charge is -2.32. The molecule has 1 N–H and O–H groups in total. The average Bonchev–Trinajstić information content (AvgIpc) is 3.06. The van der Waals surface area contributed by atoms with Crippen molar-refractivity contribution in [2.24, 2.45) is 5.92 Å². The van der Waals surface area contributed by atoms with Crippen molar-refractivity contribution >= 4 is 17.5 Å². The predicted molar refractivity (Wildman–Crippen MR) is 118 cm³/mol. The number of hydrogen-bond acceptors (Lipinski definition) is 5. The number of likely N-dealkylation sites (tertiary alicyclic amines) is 1. The number of nitrogens with one attached hydrogen (secondary N) is 1. The zero-order chi connectivity index (χ0) is 26.4. The summed E-state index contributed by atoms with van der Waals surface area (Å²) in [6, 6.07) is 4.53. The molecule has 2 fully saturated rings. The first kappa shape index (κ1) is 25.8. The summed E-state index contributed by atoms with van der Waals surface area (Å²) >= 11 is 0. The second-order valence-corrected chi connectivity index (χ2v) is 9.01. The van der Waals surface area contributed by atoms with Gasteiger partial charge in [-0.3, -0.25) is 14.6 Å². The van der Waals surface area contributed by atoms with Gasteiger partial charge < -0.3 is 19.7 Å². The summed E-state index contributed by atoms with van der Waals surface area (Å²) in [4.78, 5) is 31.3. The lowest BCUT2D eigenvalue weighted by molar-refractivity contribution is -0.272. The van der Waals surface area contributed by atoms with E-state index in [2.05, 4.69) is 10.3 Å². The van der Waals surface area contributed by atoms with Crippen LogP contribution < -0.4 is 10.1 Å². The van der Waals surface area contributed by atoms with Gasteiger partial charge in [0.15, 0.2) is 17.2 Å². The van der Waals surface area contributed by atoms with E-state index < -0.39 is 53.0 Å². The Bertz CT molecular complexity index is 1190. The van der Waals surface area contributed by atoms with Gasteiger partial charge in [0.1, 0.15) is 11.8 Å². The van der Waals surface area contributed by atoms with Crippen LogP contribution in [0.1, 0.15) is 42.2 Å². The molecule has 36 heavy (non-hydrogen) atoms.